The summed E-state index contributed by atoms with van der Waals surface area (Å²) in [7, 11) is 1.71. The minimum atomic E-state index is -0.642. The normalized spacial score (nSPS) is 21.0. The number of piperazine rings is 1. The minimum Gasteiger partial charge on any atom is -0.489 e. The molecule has 1 saturated carbocycles. The second-order valence-electron chi connectivity index (χ2n) is 18.6. The van der Waals surface area contributed by atoms with Crippen molar-refractivity contribution in [1.82, 2.24) is 44.9 Å². The number of benzene rings is 1. The van der Waals surface area contributed by atoms with Gasteiger partial charge in [0.1, 0.15) is 42.6 Å². The summed E-state index contributed by atoms with van der Waals surface area (Å²) in [5.41, 5.74) is 1.75. The van der Waals surface area contributed by atoms with E-state index in [1.165, 1.54) is 12.1 Å². The molecule has 364 valence electrons. The van der Waals surface area contributed by atoms with Crippen LogP contribution in [0.2, 0.25) is 0 Å². The number of fused-ring (bicyclic) bond motifs is 2. The maximum absolute atomic E-state index is 14.6. The van der Waals surface area contributed by atoms with Gasteiger partial charge >= 0.3 is 0 Å². The first-order valence-corrected chi connectivity index (χ1v) is 24.9. The molecule has 2 N–H and O–H groups in total. The molecule has 4 aliphatic rings. The van der Waals surface area contributed by atoms with Crippen molar-refractivity contribution in [3.63, 3.8) is 0 Å². The van der Waals surface area contributed by atoms with Gasteiger partial charge in [0.2, 0.25) is 17.7 Å². The molecule has 1 aliphatic carbocycles. The van der Waals surface area contributed by atoms with E-state index in [1.807, 2.05) is 24.4 Å². The Hall–Kier alpha value is -5.63. The molecule has 0 bridgehead atoms. The summed E-state index contributed by atoms with van der Waals surface area (Å²) in [5.74, 6) is 0.539. The molecule has 19 heteroatoms. The van der Waals surface area contributed by atoms with E-state index in [9.17, 15) is 23.6 Å². The Morgan fingerprint density at radius 2 is 1.79 bits per heavy atom. The van der Waals surface area contributed by atoms with E-state index >= 15 is 0 Å². The Labute approximate surface area is 399 Å². The predicted molar refractivity (Wildman–Crippen MR) is 253 cm³/mol. The van der Waals surface area contributed by atoms with Gasteiger partial charge < -0.3 is 48.6 Å². The van der Waals surface area contributed by atoms with E-state index in [4.69, 9.17) is 18.7 Å². The van der Waals surface area contributed by atoms with Crippen LogP contribution in [0.1, 0.15) is 75.0 Å². The van der Waals surface area contributed by atoms with E-state index in [0.717, 1.165) is 74.0 Å². The first kappa shape index (κ1) is 47.4. The van der Waals surface area contributed by atoms with Crippen molar-refractivity contribution >= 4 is 56.1 Å². The topological polar surface area (TPSA) is 177 Å². The number of morpholine rings is 1. The van der Waals surface area contributed by atoms with Crippen LogP contribution in [0, 0.1) is 11.7 Å². The number of pyridine rings is 1. The molecule has 7 heterocycles. The molecule has 0 radical (unpaired) electrons. The highest BCUT2D eigenvalue weighted by Crippen LogP contribution is 2.32. The zero-order chi connectivity index (χ0) is 47.3. The van der Waals surface area contributed by atoms with E-state index < -0.39 is 23.9 Å². The van der Waals surface area contributed by atoms with E-state index in [0.29, 0.717) is 42.2 Å². The number of carbonyl (C=O) groups is 4. The van der Waals surface area contributed by atoms with Gasteiger partial charge in [0.25, 0.3) is 11.8 Å². The molecule has 68 heavy (non-hydrogen) atoms. The summed E-state index contributed by atoms with van der Waals surface area (Å²) < 4.78 is 41.3. The average molecular weight is 956 g/mol. The molecule has 9 rings (SSSR count). The number of amides is 4. The molecule has 5 aromatic rings. The van der Waals surface area contributed by atoms with Gasteiger partial charge in [-0.3, -0.25) is 29.1 Å². The smallest absolute Gasteiger partial charge is 0.270 e. The molecular formula is C49H62FN9O8S. The number of hydrogen-bond donors (Lipinski definition) is 2. The van der Waals surface area contributed by atoms with Crippen LogP contribution in [0.3, 0.4) is 0 Å². The lowest BCUT2D eigenvalue weighted by molar-refractivity contribution is -0.142. The third-order valence-corrected chi connectivity index (χ3v) is 15.0. The molecule has 4 amide bonds. The Morgan fingerprint density at radius 3 is 2.59 bits per heavy atom. The number of thiophene rings is 1. The summed E-state index contributed by atoms with van der Waals surface area (Å²) in [6.45, 7) is 7.56. The molecule has 17 nitrogen and oxygen atoms in total. The fourth-order valence-corrected chi connectivity index (χ4v) is 11.0. The number of likely N-dealkylation sites (tertiary alicyclic amines) is 1. The predicted octanol–water partition coefficient (Wildman–Crippen LogP) is 5.07. The number of halogens is 1. The zero-order valence-corrected chi connectivity index (χ0v) is 39.9. The number of likely N-dealkylation sites (N-methyl/N-ethyl adjacent to an activating group) is 1. The van der Waals surface area contributed by atoms with Crippen LogP contribution in [-0.2, 0) is 32.2 Å². The summed E-state index contributed by atoms with van der Waals surface area (Å²) in [4.78, 5) is 68.0. The second kappa shape index (κ2) is 21.3. The molecular weight excluding hydrogens is 894 g/mol. The Morgan fingerprint density at radius 1 is 0.971 bits per heavy atom. The van der Waals surface area contributed by atoms with E-state index in [-0.39, 0.29) is 86.8 Å². The SMILES string of the molecule is CN[C@@H](C)C(=O)N[C@H](C(=O)N1CCN(C(=O)c2cc3cc(F)ccc3n2CC(=O)N2CCOC[C@H]2COc2cc(CN3CCC(Oc4ccnc5ccsc45)CC3)on2)[C@@H](C)C1)C1CCCCC1. The summed E-state index contributed by atoms with van der Waals surface area (Å²) >= 11 is 1.64. The number of nitrogens with zero attached hydrogens (tertiary/aromatic N) is 7. The van der Waals surface area contributed by atoms with E-state index in [2.05, 4.69) is 25.7 Å². The summed E-state index contributed by atoms with van der Waals surface area (Å²) in [6.07, 6.45) is 8.54. The van der Waals surface area contributed by atoms with Gasteiger partial charge in [-0.2, -0.15) is 0 Å². The van der Waals surface area contributed by atoms with Crippen molar-refractivity contribution in [3.05, 3.63) is 71.3 Å². The fraction of sp³-hybridized carbons (Fsp3) is 0.551. The number of piperidine rings is 1. The lowest BCUT2D eigenvalue weighted by atomic mass is 9.83. The van der Waals surface area contributed by atoms with Crippen LogP contribution >= 0.6 is 11.3 Å². The minimum absolute atomic E-state index is 0.0450. The van der Waals surface area contributed by atoms with Gasteiger partial charge in [-0.25, -0.2) is 4.39 Å². The highest BCUT2D eigenvalue weighted by molar-refractivity contribution is 7.17. The summed E-state index contributed by atoms with van der Waals surface area (Å²) in [5, 5.41) is 12.7. The van der Waals surface area contributed by atoms with Crippen molar-refractivity contribution in [2.45, 2.75) is 102 Å². The molecule has 4 fully saturated rings. The number of aromatic nitrogens is 3. The van der Waals surface area contributed by atoms with Gasteiger partial charge in [0, 0.05) is 68.5 Å². The first-order chi connectivity index (χ1) is 33.0. The fourth-order valence-electron chi connectivity index (χ4n) is 10.1. The largest absolute Gasteiger partial charge is 0.489 e. The number of nitrogens with one attached hydrogen (secondary N) is 2. The molecule has 4 atom stereocenters. The third-order valence-electron chi connectivity index (χ3n) is 14.1. The zero-order valence-electron chi connectivity index (χ0n) is 39.1. The van der Waals surface area contributed by atoms with Crippen molar-refractivity contribution in [3.8, 4) is 11.6 Å². The van der Waals surface area contributed by atoms with Crippen molar-refractivity contribution in [2.75, 3.05) is 66.1 Å². The quantitative estimate of drug-likeness (QED) is 0.143. The Bertz CT molecular complexity index is 2570. The standard InChI is InChI=1S/C49H62FN9O8S/c1-31-26-56(49(63)45(33-7-5-4-6-8-33)53-47(61)32(2)51-3)18-19-57(31)48(62)41-24-34-23-35(50)9-10-40(34)59(41)28-44(60)58-20-21-64-29-36(58)30-65-43-25-38(67-54-43)27-55-16-12-37(13-17-55)66-42-11-15-52-39-14-22-68-46(39)42/h9-11,14-15,22-25,31-33,36-37,45,51H,4-8,12-13,16-21,26-30H2,1-3H3,(H,53,61)/t31-,32-,36-,45-/m0/s1. The van der Waals surface area contributed by atoms with Crippen molar-refractivity contribution in [2.24, 2.45) is 5.92 Å². The Kier molecular flexibility index (Phi) is 14.9. The molecule has 0 spiro atoms. The average Bonchev–Trinajstić information content (AvgIpc) is 4.12. The number of ether oxygens (including phenoxy) is 3. The number of rotatable bonds is 15. The monoisotopic (exact) mass is 955 g/mol. The van der Waals surface area contributed by atoms with Gasteiger partial charge in [-0.05, 0) is 99.4 Å². The van der Waals surface area contributed by atoms with Crippen LogP contribution in [0.5, 0.6) is 11.6 Å². The maximum atomic E-state index is 14.6. The van der Waals surface area contributed by atoms with Gasteiger partial charge in [0.05, 0.1) is 42.1 Å². The van der Waals surface area contributed by atoms with Crippen molar-refractivity contribution in [1.29, 1.82) is 0 Å². The van der Waals surface area contributed by atoms with Gasteiger partial charge in [0.15, 0.2) is 5.76 Å². The number of carbonyl (C=O) groups excluding carboxylic acids is 4. The Balaban J connectivity index is 0.814. The molecule has 0 unspecified atom stereocenters. The van der Waals surface area contributed by atoms with Crippen LogP contribution < -0.4 is 20.1 Å². The lowest BCUT2D eigenvalue weighted by Crippen LogP contribution is -2.61. The second-order valence-corrected chi connectivity index (χ2v) is 19.6. The molecule has 1 aromatic carbocycles. The highest BCUT2D eigenvalue weighted by Gasteiger charge is 2.39. The molecule has 3 aliphatic heterocycles. The third kappa shape index (κ3) is 10.6. The van der Waals surface area contributed by atoms with Gasteiger partial charge in [-0.1, -0.05) is 19.3 Å². The maximum Gasteiger partial charge on any atom is 0.270 e. The van der Waals surface area contributed by atoms with Gasteiger partial charge in [-0.15, -0.1) is 11.3 Å². The molecule has 3 saturated heterocycles. The lowest BCUT2D eigenvalue weighted by Gasteiger charge is -2.42. The van der Waals surface area contributed by atoms with Crippen LogP contribution in [0.4, 0.5) is 4.39 Å². The van der Waals surface area contributed by atoms with Crippen molar-refractivity contribution < 1.29 is 42.3 Å². The number of hydrogen-bond acceptors (Lipinski definition) is 13. The van der Waals surface area contributed by atoms with Crippen LogP contribution in [-0.4, -0.2) is 154 Å². The highest BCUT2D eigenvalue weighted by atomic mass is 32.1. The van der Waals surface area contributed by atoms with Crippen LogP contribution in [0.25, 0.3) is 21.1 Å². The first-order valence-electron chi connectivity index (χ1n) is 24.1. The molecule has 4 aromatic heterocycles. The van der Waals surface area contributed by atoms with Crippen LogP contribution in [0.15, 0.2) is 58.6 Å². The van der Waals surface area contributed by atoms with E-state index in [1.54, 1.807) is 69.0 Å². The summed E-state index contributed by atoms with van der Waals surface area (Å²) in [6, 6.07) is 9.72.